The molecule has 1 aromatic carbocycles. The smallest absolute Gasteiger partial charge is 0.353 e. The van der Waals surface area contributed by atoms with Gasteiger partial charge in [-0.25, -0.2) is 4.79 Å². The summed E-state index contributed by atoms with van der Waals surface area (Å²) in [6.07, 6.45) is 0.929. The van der Waals surface area contributed by atoms with Crippen LogP contribution in [-0.2, 0) is 6.42 Å². The predicted octanol–water partition coefficient (Wildman–Crippen LogP) is 3.85. The SMILES string of the molecule is CCc1sc(C(=O)Oc2ccccc2OC)cc1C. The number of carbonyl (C=O) groups excluding carboxylic acids is 1. The lowest BCUT2D eigenvalue weighted by atomic mass is 10.2. The van der Waals surface area contributed by atoms with Gasteiger partial charge in [-0.3, -0.25) is 0 Å². The number of methoxy groups -OCH3 is 1. The van der Waals surface area contributed by atoms with E-state index in [-0.39, 0.29) is 5.97 Å². The topological polar surface area (TPSA) is 35.5 Å². The van der Waals surface area contributed by atoms with Crippen LogP contribution in [0.1, 0.15) is 27.0 Å². The van der Waals surface area contributed by atoms with E-state index in [2.05, 4.69) is 6.92 Å². The van der Waals surface area contributed by atoms with E-state index in [0.29, 0.717) is 16.4 Å². The van der Waals surface area contributed by atoms with Crippen LogP contribution < -0.4 is 9.47 Å². The Bertz CT molecular complexity index is 587. The Morgan fingerprint density at radius 2 is 1.95 bits per heavy atom. The molecule has 2 aromatic rings. The molecule has 0 aliphatic carbocycles. The zero-order valence-electron chi connectivity index (χ0n) is 11.2. The Morgan fingerprint density at radius 1 is 1.26 bits per heavy atom. The predicted molar refractivity (Wildman–Crippen MR) is 76.4 cm³/mol. The maximum absolute atomic E-state index is 12.1. The van der Waals surface area contributed by atoms with E-state index in [1.54, 1.807) is 19.2 Å². The third-order valence-corrected chi connectivity index (χ3v) is 4.18. The second-order valence-corrected chi connectivity index (χ2v) is 5.25. The van der Waals surface area contributed by atoms with Crippen molar-refractivity contribution in [3.05, 3.63) is 45.6 Å². The molecule has 0 spiro atoms. The number of benzene rings is 1. The van der Waals surface area contributed by atoms with Crippen molar-refractivity contribution in [2.75, 3.05) is 7.11 Å². The Kier molecular flexibility index (Phi) is 4.22. The van der Waals surface area contributed by atoms with Crippen molar-refractivity contribution in [2.45, 2.75) is 20.3 Å². The fraction of sp³-hybridized carbons (Fsp3) is 0.267. The van der Waals surface area contributed by atoms with Gasteiger partial charge in [0.25, 0.3) is 0 Å². The van der Waals surface area contributed by atoms with Crippen LogP contribution in [-0.4, -0.2) is 13.1 Å². The van der Waals surface area contributed by atoms with Gasteiger partial charge >= 0.3 is 5.97 Å². The molecule has 3 nitrogen and oxygen atoms in total. The molecule has 0 aliphatic rings. The number of esters is 1. The van der Waals surface area contributed by atoms with Crippen LogP contribution in [0.25, 0.3) is 0 Å². The summed E-state index contributed by atoms with van der Waals surface area (Å²) in [4.78, 5) is 13.9. The van der Waals surface area contributed by atoms with E-state index in [9.17, 15) is 4.79 Å². The van der Waals surface area contributed by atoms with Gasteiger partial charge in [-0.2, -0.15) is 0 Å². The van der Waals surface area contributed by atoms with Crippen molar-refractivity contribution >= 4 is 17.3 Å². The molecule has 0 unspecified atom stereocenters. The summed E-state index contributed by atoms with van der Waals surface area (Å²) in [5.74, 6) is 0.663. The maximum atomic E-state index is 12.1. The minimum absolute atomic E-state index is 0.336. The van der Waals surface area contributed by atoms with Gasteiger partial charge in [-0.1, -0.05) is 19.1 Å². The van der Waals surface area contributed by atoms with Crippen molar-refractivity contribution in [1.29, 1.82) is 0 Å². The molecule has 0 aliphatic heterocycles. The standard InChI is InChI=1S/C15H16O3S/c1-4-13-10(2)9-14(19-13)15(16)18-12-8-6-5-7-11(12)17-3/h5-9H,4H2,1-3H3. The number of aryl methyl sites for hydroxylation is 2. The van der Waals surface area contributed by atoms with Crippen LogP contribution in [0.15, 0.2) is 30.3 Å². The van der Waals surface area contributed by atoms with Crippen molar-refractivity contribution in [2.24, 2.45) is 0 Å². The molecule has 4 heteroatoms. The van der Waals surface area contributed by atoms with Crippen LogP contribution in [0.5, 0.6) is 11.5 Å². The van der Waals surface area contributed by atoms with Crippen molar-refractivity contribution in [3.8, 4) is 11.5 Å². The first-order valence-electron chi connectivity index (χ1n) is 6.10. The van der Waals surface area contributed by atoms with Crippen LogP contribution >= 0.6 is 11.3 Å². The fourth-order valence-electron chi connectivity index (χ4n) is 1.82. The maximum Gasteiger partial charge on any atom is 0.353 e. The number of rotatable bonds is 4. The Morgan fingerprint density at radius 3 is 2.53 bits per heavy atom. The summed E-state index contributed by atoms with van der Waals surface area (Å²) in [6, 6.07) is 9.00. The minimum Gasteiger partial charge on any atom is -0.493 e. The second-order valence-electron chi connectivity index (χ2n) is 4.11. The number of hydrogen-bond acceptors (Lipinski definition) is 4. The molecule has 0 bridgehead atoms. The number of ether oxygens (including phenoxy) is 2. The van der Waals surface area contributed by atoms with E-state index in [4.69, 9.17) is 9.47 Å². The van der Waals surface area contributed by atoms with Gasteiger partial charge in [0, 0.05) is 4.88 Å². The molecule has 0 saturated heterocycles. The molecule has 0 amide bonds. The molecule has 1 aromatic heterocycles. The van der Waals surface area contributed by atoms with Crippen LogP contribution in [0.2, 0.25) is 0 Å². The molecule has 0 fully saturated rings. The van der Waals surface area contributed by atoms with Crippen molar-refractivity contribution in [1.82, 2.24) is 0 Å². The lowest BCUT2D eigenvalue weighted by Crippen LogP contribution is -2.07. The van der Waals surface area contributed by atoms with Gasteiger partial charge in [0.1, 0.15) is 4.88 Å². The third kappa shape index (κ3) is 2.96. The molecule has 100 valence electrons. The highest BCUT2D eigenvalue weighted by molar-refractivity contribution is 7.14. The monoisotopic (exact) mass is 276 g/mol. The highest BCUT2D eigenvalue weighted by atomic mass is 32.1. The lowest BCUT2D eigenvalue weighted by Gasteiger charge is -2.07. The van der Waals surface area contributed by atoms with E-state index >= 15 is 0 Å². The highest BCUT2D eigenvalue weighted by Crippen LogP contribution is 2.28. The molecular formula is C15H16O3S. The number of carbonyl (C=O) groups is 1. The van der Waals surface area contributed by atoms with Crippen LogP contribution in [0.3, 0.4) is 0 Å². The van der Waals surface area contributed by atoms with Crippen LogP contribution in [0.4, 0.5) is 0 Å². The average Bonchev–Trinajstić information content (AvgIpc) is 2.80. The van der Waals surface area contributed by atoms with E-state index in [1.165, 1.54) is 16.2 Å². The number of thiophene rings is 1. The lowest BCUT2D eigenvalue weighted by molar-refractivity contribution is 0.0735. The normalized spacial score (nSPS) is 10.3. The van der Waals surface area contributed by atoms with Crippen molar-refractivity contribution < 1.29 is 14.3 Å². The first kappa shape index (κ1) is 13.6. The number of para-hydroxylation sites is 2. The molecule has 0 atom stereocenters. The molecular weight excluding hydrogens is 260 g/mol. The second kappa shape index (κ2) is 5.89. The first-order chi connectivity index (χ1) is 9.15. The summed E-state index contributed by atoms with van der Waals surface area (Å²) in [5, 5.41) is 0. The van der Waals surface area contributed by atoms with Gasteiger partial charge in [-0.15, -0.1) is 11.3 Å². The van der Waals surface area contributed by atoms with E-state index in [1.807, 2.05) is 25.1 Å². The van der Waals surface area contributed by atoms with Gasteiger partial charge in [0.15, 0.2) is 11.5 Å². The molecule has 1 heterocycles. The number of hydrogen-bond donors (Lipinski definition) is 0. The van der Waals surface area contributed by atoms with E-state index in [0.717, 1.165) is 12.0 Å². The molecule has 0 radical (unpaired) electrons. The molecule has 0 N–H and O–H groups in total. The van der Waals surface area contributed by atoms with Crippen molar-refractivity contribution in [3.63, 3.8) is 0 Å². The largest absolute Gasteiger partial charge is 0.493 e. The van der Waals surface area contributed by atoms with Crippen LogP contribution in [0, 0.1) is 6.92 Å². The average molecular weight is 276 g/mol. The Balaban J connectivity index is 2.20. The highest BCUT2D eigenvalue weighted by Gasteiger charge is 2.15. The van der Waals surface area contributed by atoms with Gasteiger partial charge in [-0.05, 0) is 37.1 Å². The quantitative estimate of drug-likeness (QED) is 0.628. The minimum atomic E-state index is -0.336. The summed E-state index contributed by atoms with van der Waals surface area (Å²) in [5.41, 5.74) is 1.14. The van der Waals surface area contributed by atoms with E-state index < -0.39 is 0 Å². The van der Waals surface area contributed by atoms with Gasteiger partial charge < -0.3 is 9.47 Å². The summed E-state index contributed by atoms with van der Waals surface area (Å²) >= 11 is 1.48. The summed E-state index contributed by atoms with van der Waals surface area (Å²) in [6.45, 7) is 4.09. The molecule has 0 saturated carbocycles. The van der Waals surface area contributed by atoms with Gasteiger partial charge in [0.05, 0.1) is 7.11 Å². The fourth-order valence-corrected chi connectivity index (χ4v) is 2.82. The van der Waals surface area contributed by atoms with Gasteiger partial charge in [0.2, 0.25) is 0 Å². The Labute approximate surface area is 116 Å². The summed E-state index contributed by atoms with van der Waals surface area (Å²) in [7, 11) is 1.55. The first-order valence-corrected chi connectivity index (χ1v) is 6.91. The third-order valence-electron chi connectivity index (χ3n) is 2.81. The zero-order chi connectivity index (χ0) is 13.8. The zero-order valence-corrected chi connectivity index (χ0v) is 12.0. The Hall–Kier alpha value is -1.81. The molecule has 19 heavy (non-hydrogen) atoms. The summed E-state index contributed by atoms with van der Waals surface area (Å²) < 4.78 is 10.5. The molecule has 2 rings (SSSR count).